The minimum atomic E-state index is -0.631. The first-order chi connectivity index (χ1) is 15.3. The number of nitrogens with one attached hydrogen (secondary N) is 1. The summed E-state index contributed by atoms with van der Waals surface area (Å²) in [7, 11) is 0. The molecule has 1 N–H and O–H groups in total. The fraction of sp³-hybridized carbons (Fsp3) is 0.308. The van der Waals surface area contributed by atoms with Crippen molar-refractivity contribution >= 4 is 38.5 Å². The second kappa shape index (κ2) is 10.6. The second-order valence-corrected chi connectivity index (χ2v) is 9.03. The predicted octanol–water partition coefficient (Wildman–Crippen LogP) is 5.23. The van der Waals surface area contributed by atoms with Crippen molar-refractivity contribution < 1.29 is 14.3 Å². The number of benzene rings is 3. The van der Waals surface area contributed by atoms with E-state index in [2.05, 4.69) is 21.2 Å². The summed E-state index contributed by atoms with van der Waals surface area (Å²) in [5.41, 5.74) is 2.07. The van der Waals surface area contributed by atoms with Crippen molar-refractivity contribution in [2.75, 3.05) is 6.61 Å². The van der Waals surface area contributed by atoms with E-state index in [1.54, 1.807) is 11.8 Å². The van der Waals surface area contributed by atoms with E-state index in [4.69, 9.17) is 4.74 Å². The van der Waals surface area contributed by atoms with E-state index in [1.165, 1.54) is 0 Å². The quantitative estimate of drug-likeness (QED) is 0.464. The Morgan fingerprint density at radius 2 is 1.78 bits per heavy atom. The van der Waals surface area contributed by atoms with Crippen LogP contribution in [0, 0.1) is 6.92 Å². The lowest BCUT2D eigenvalue weighted by Crippen LogP contribution is -2.50. The molecule has 0 radical (unpaired) electrons. The van der Waals surface area contributed by atoms with E-state index >= 15 is 0 Å². The Labute approximate surface area is 197 Å². The van der Waals surface area contributed by atoms with E-state index in [9.17, 15) is 9.59 Å². The molecule has 0 aliphatic heterocycles. The summed E-state index contributed by atoms with van der Waals surface area (Å²) >= 11 is 3.60. The number of halogens is 1. The zero-order valence-electron chi connectivity index (χ0n) is 18.9. The number of fused-ring (bicyclic) bond motifs is 1. The second-order valence-electron chi connectivity index (χ2n) is 8.24. The molecule has 2 amide bonds. The third kappa shape index (κ3) is 5.88. The van der Waals surface area contributed by atoms with E-state index in [0.717, 1.165) is 26.4 Å². The zero-order chi connectivity index (χ0) is 23.3. The van der Waals surface area contributed by atoms with Crippen LogP contribution < -0.4 is 10.1 Å². The maximum atomic E-state index is 13.2. The predicted molar refractivity (Wildman–Crippen MR) is 132 cm³/mol. The summed E-state index contributed by atoms with van der Waals surface area (Å²) in [5, 5.41) is 4.99. The molecule has 0 fully saturated rings. The van der Waals surface area contributed by atoms with Gasteiger partial charge in [-0.3, -0.25) is 9.59 Å². The number of rotatable bonds is 8. The molecule has 0 saturated carbocycles. The Bertz CT molecular complexity index is 1110. The molecule has 3 aromatic carbocycles. The number of aryl methyl sites for hydroxylation is 1. The van der Waals surface area contributed by atoms with Crippen molar-refractivity contribution in [3.05, 3.63) is 76.3 Å². The fourth-order valence-electron chi connectivity index (χ4n) is 3.54. The smallest absolute Gasteiger partial charge is 0.261 e. The monoisotopic (exact) mass is 496 g/mol. The standard InChI is InChI=1S/C26H29BrN2O3/c1-17(2)28-26(31)19(4)29(15-20-9-7-8-18(3)14-20)24(30)16-32-23-13-12-21-10-5-6-11-22(21)25(23)27/h5-14,17,19H,15-16H2,1-4H3,(H,28,31)/t19-/m0/s1. The van der Waals surface area contributed by atoms with Crippen molar-refractivity contribution in [2.24, 2.45) is 0 Å². The summed E-state index contributed by atoms with van der Waals surface area (Å²) in [6.45, 7) is 7.72. The van der Waals surface area contributed by atoms with E-state index in [-0.39, 0.29) is 24.5 Å². The van der Waals surface area contributed by atoms with Crippen LogP contribution >= 0.6 is 15.9 Å². The fourth-order valence-corrected chi connectivity index (χ4v) is 4.15. The summed E-state index contributed by atoms with van der Waals surface area (Å²) in [5.74, 6) is 0.151. The van der Waals surface area contributed by atoms with Gasteiger partial charge in [0, 0.05) is 12.6 Å². The molecular formula is C26H29BrN2O3. The maximum Gasteiger partial charge on any atom is 0.261 e. The van der Waals surface area contributed by atoms with Gasteiger partial charge in [0.05, 0.1) is 4.47 Å². The molecule has 3 aromatic rings. The first kappa shape index (κ1) is 23.8. The molecule has 5 nitrogen and oxygen atoms in total. The van der Waals surface area contributed by atoms with Crippen LogP contribution in [0.2, 0.25) is 0 Å². The summed E-state index contributed by atoms with van der Waals surface area (Å²) < 4.78 is 6.70. The number of ether oxygens (including phenoxy) is 1. The molecule has 0 saturated heterocycles. The van der Waals surface area contributed by atoms with Crippen molar-refractivity contribution in [2.45, 2.75) is 46.3 Å². The number of nitrogens with zero attached hydrogens (tertiary/aromatic N) is 1. The van der Waals surface area contributed by atoms with E-state index in [1.807, 2.05) is 81.4 Å². The highest BCUT2D eigenvalue weighted by molar-refractivity contribution is 9.10. The molecule has 0 aliphatic carbocycles. The first-order valence-corrected chi connectivity index (χ1v) is 11.5. The van der Waals surface area contributed by atoms with Crippen LogP contribution in [-0.2, 0) is 16.1 Å². The maximum absolute atomic E-state index is 13.2. The summed E-state index contributed by atoms with van der Waals surface area (Å²) in [6, 6.07) is 19.1. The average Bonchev–Trinajstić information content (AvgIpc) is 2.76. The molecule has 0 unspecified atom stereocenters. The summed E-state index contributed by atoms with van der Waals surface area (Å²) in [4.78, 5) is 27.5. The zero-order valence-corrected chi connectivity index (χ0v) is 20.5. The van der Waals surface area contributed by atoms with Gasteiger partial charge in [-0.15, -0.1) is 0 Å². The third-order valence-electron chi connectivity index (χ3n) is 5.21. The number of amides is 2. The molecule has 0 bridgehead atoms. The van der Waals surface area contributed by atoms with Crippen LogP contribution in [0.15, 0.2) is 65.1 Å². The Hall–Kier alpha value is -2.86. The van der Waals surface area contributed by atoms with E-state index in [0.29, 0.717) is 12.3 Å². The number of hydrogen-bond acceptors (Lipinski definition) is 3. The largest absolute Gasteiger partial charge is 0.483 e. The van der Waals surface area contributed by atoms with Gasteiger partial charge in [-0.1, -0.05) is 60.2 Å². The van der Waals surface area contributed by atoms with Crippen LogP contribution in [0.5, 0.6) is 5.75 Å². The Kier molecular flexibility index (Phi) is 7.91. The van der Waals surface area contributed by atoms with Gasteiger partial charge in [0.15, 0.2) is 6.61 Å². The molecule has 32 heavy (non-hydrogen) atoms. The molecule has 6 heteroatoms. The van der Waals surface area contributed by atoms with Crippen molar-refractivity contribution in [3.8, 4) is 5.75 Å². The molecule has 0 heterocycles. The number of carbonyl (C=O) groups excluding carboxylic acids is 2. The highest BCUT2D eigenvalue weighted by Crippen LogP contribution is 2.33. The molecular weight excluding hydrogens is 468 g/mol. The molecule has 3 rings (SSSR count). The molecule has 0 aromatic heterocycles. The molecule has 0 aliphatic rings. The average molecular weight is 497 g/mol. The summed E-state index contributed by atoms with van der Waals surface area (Å²) in [6.07, 6.45) is 0. The van der Waals surface area contributed by atoms with Crippen LogP contribution in [0.3, 0.4) is 0 Å². The number of hydrogen-bond donors (Lipinski definition) is 1. The Morgan fingerprint density at radius 1 is 1.03 bits per heavy atom. The van der Waals surface area contributed by atoms with Gasteiger partial charge in [0.25, 0.3) is 5.91 Å². The van der Waals surface area contributed by atoms with Gasteiger partial charge in [-0.25, -0.2) is 0 Å². The highest BCUT2D eigenvalue weighted by Gasteiger charge is 2.27. The Balaban J connectivity index is 1.79. The molecule has 168 valence electrons. The van der Waals surface area contributed by atoms with Crippen molar-refractivity contribution in [1.29, 1.82) is 0 Å². The lowest BCUT2D eigenvalue weighted by molar-refractivity contribution is -0.142. The van der Waals surface area contributed by atoms with Gasteiger partial charge in [0.2, 0.25) is 5.91 Å². The third-order valence-corrected chi connectivity index (χ3v) is 6.03. The highest BCUT2D eigenvalue weighted by atomic mass is 79.9. The van der Waals surface area contributed by atoms with Crippen LogP contribution in [-0.4, -0.2) is 35.4 Å². The van der Waals surface area contributed by atoms with E-state index < -0.39 is 6.04 Å². The van der Waals surface area contributed by atoms with Crippen LogP contribution in [0.25, 0.3) is 10.8 Å². The van der Waals surface area contributed by atoms with Crippen LogP contribution in [0.1, 0.15) is 31.9 Å². The molecule has 0 spiro atoms. The first-order valence-electron chi connectivity index (χ1n) is 10.7. The van der Waals surface area contributed by atoms with Gasteiger partial charge < -0.3 is 15.0 Å². The van der Waals surface area contributed by atoms with Crippen molar-refractivity contribution in [1.82, 2.24) is 10.2 Å². The van der Waals surface area contributed by atoms with Crippen LogP contribution in [0.4, 0.5) is 0 Å². The topological polar surface area (TPSA) is 58.6 Å². The van der Waals surface area contributed by atoms with Gasteiger partial charge >= 0.3 is 0 Å². The van der Waals surface area contributed by atoms with Crippen molar-refractivity contribution in [3.63, 3.8) is 0 Å². The minimum absolute atomic E-state index is 0.00863. The SMILES string of the molecule is Cc1cccc(CN(C(=O)COc2ccc3ccccc3c2Br)[C@@H](C)C(=O)NC(C)C)c1. The lowest BCUT2D eigenvalue weighted by Gasteiger charge is -2.29. The number of carbonyl (C=O) groups is 2. The lowest BCUT2D eigenvalue weighted by atomic mass is 10.1. The minimum Gasteiger partial charge on any atom is -0.483 e. The molecule has 1 atom stereocenters. The normalized spacial score (nSPS) is 11.9. The van der Waals surface area contributed by atoms with Gasteiger partial charge in [0.1, 0.15) is 11.8 Å². The van der Waals surface area contributed by atoms with Gasteiger partial charge in [-0.2, -0.15) is 0 Å². The Morgan fingerprint density at radius 3 is 2.50 bits per heavy atom. The van der Waals surface area contributed by atoms with Gasteiger partial charge in [-0.05, 0) is 66.0 Å².